The molecule has 0 aromatic carbocycles. The Balaban J connectivity index is 1.85. The van der Waals surface area contributed by atoms with Crippen LogP contribution in [0.15, 0.2) is 0 Å². The molecule has 1 heterocycles. The first-order valence-corrected chi connectivity index (χ1v) is 8.65. The maximum atomic E-state index is 6.02. The van der Waals surface area contributed by atoms with Crippen molar-refractivity contribution in [1.29, 1.82) is 0 Å². The number of nitrogens with zero attached hydrogens (tertiary/aromatic N) is 2. The molecular formula is C15H27N3S. The van der Waals surface area contributed by atoms with Crippen LogP contribution in [0.25, 0.3) is 0 Å². The van der Waals surface area contributed by atoms with Crippen molar-refractivity contribution in [2.75, 3.05) is 0 Å². The maximum absolute atomic E-state index is 6.02. The molecule has 1 unspecified atom stereocenters. The minimum absolute atomic E-state index is 0.0761. The first kappa shape index (κ1) is 14.9. The summed E-state index contributed by atoms with van der Waals surface area (Å²) in [5.41, 5.74) is 6.02. The largest absolute Gasteiger partial charge is 0.322 e. The van der Waals surface area contributed by atoms with Gasteiger partial charge in [-0.15, -0.1) is 10.2 Å². The number of aromatic nitrogens is 2. The molecule has 3 nitrogen and oxygen atoms in total. The van der Waals surface area contributed by atoms with Crippen LogP contribution in [0.3, 0.4) is 0 Å². The van der Waals surface area contributed by atoms with Gasteiger partial charge in [-0.1, -0.05) is 44.4 Å². The lowest BCUT2D eigenvalue weighted by atomic mass is 9.80. The van der Waals surface area contributed by atoms with Crippen molar-refractivity contribution in [3.63, 3.8) is 0 Å². The van der Waals surface area contributed by atoms with Gasteiger partial charge in [0, 0.05) is 5.92 Å². The highest BCUT2D eigenvalue weighted by atomic mass is 32.1. The molecule has 1 saturated carbocycles. The Hall–Kier alpha value is -0.480. The van der Waals surface area contributed by atoms with E-state index in [9.17, 15) is 0 Å². The van der Waals surface area contributed by atoms with Crippen molar-refractivity contribution in [1.82, 2.24) is 10.2 Å². The van der Waals surface area contributed by atoms with E-state index >= 15 is 0 Å². The van der Waals surface area contributed by atoms with E-state index in [1.54, 1.807) is 11.3 Å². The molecule has 1 aromatic rings. The van der Waals surface area contributed by atoms with Gasteiger partial charge in [0.1, 0.15) is 10.0 Å². The highest BCUT2D eigenvalue weighted by Crippen LogP contribution is 2.39. The van der Waals surface area contributed by atoms with Gasteiger partial charge in [-0.3, -0.25) is 0 Å². The van der Waals surface area contributed by atoms with E-state index in [1.807, 2.05) is 0 Å². The van der Waals surface area contributed by atoms with Gasteiger partial charge in [-0.05, 0) is 38.0 Å². The van der Waals surface area contributed by atoms with Crippen molar-refractivity contribution < 1.29 is 0 Å². The van der Waals surface area contributed by atoms with Gasteiger partial charge in [-0.25, -0.2) is 0 Å². The molecule has 2 rings (SSSR count). The van der Waals surface area contributed by atoms with Gasteiger partial charge in [0.25, 0.3) is 0 Å². The normalized spacial score (nSPS) is 25.4. The van der Waals surface area contributed by atoms with E-state index in [2.05, 4.69) is 24.0 Å². The first-order chi connectivity index (χ1) is 9.24. The molecule has 0 radical (unpaired) electrons. The Morgan fingerprint density at radius 2 is 1.95 bits per heavy atom. The Morgan fingerprint density at radius 3 is 2.58 bits per heavy atom. The molecule has 0 spiro atoms. The van der Waals surface area contributed by atoms with E-state index in [-0.39, 0.29) is 6.04 Å². The average molecular weight is 281 g/mol. The SMILES string of the molecule is CCCCC1CCC(c2nnc(C(N)CC)s2)CC1. The highest BCUT2D eigenvalue weighted by Gasteiger charge is 2.25. The number of rotatable bonds is 6. The summed E-state index contributed by atoms with van der Waals surface area (Å²) in [5, 5.41) is 10.9. The van der Waals surface area contributed by atoms with Crippen LogP contribution in [-0.4, -0.2) is 10.2 Å². The van der Waals surface area contributed by atoms with Crippen LogP contribution >= 0.6 is 11.3 Å². The van der Waals surface area contributed by atoms with Crippen LogP contribution in [0.4, 0.5) is 0 Å². The second kappa shape index (κ2) is 7.34. The lowest BCUT2D eigenvalue weighted by Gasteiger charge is -2.26. The van der Waals surface area contributed by atoms with Crippen molar-refractivity contribution in [3.05, 3.63) is 10.0 Å². The summed E-state index contributed by atoms with van der Waals surface area (Å²) < 4.78 is 0. The smallest absolute Gasteiger partial charge is 0.134 e. The predicted molar refractivity (Wildman–Crippen MR) is 81.4 cm³/mol. The second-order valence-corrected chi connectivity index (χ2v) is 6.89. The molecule has 1 aliphatic rings. The first-order valence-electron chi connectivity index (χ1n) is 7.83. The van der Waals surface area contributed by atoms with Crippen molar-refractivity contribution in [2.45, 2.75) is 77.2 Å². The third kappa shape index (κ3) is 3.99. The molecule has 1 atom stereocenters. The zero-order valence-electron chi connectivity index (χ0n) is 12.3. The summed E-state index contributed by atoms with van der Waals surface area (Å²) in [6, 6.07) is 0.0761. The molecule has 1 fully saturated rings. The van der Waals surface area contributed by atoms with Crippen molar-refractivity contribution in [2.24, 2.45) is 11.7 Å². The quantitative estimate of drug-likeness (QED) is 0.840. The Labute approximate surface area is 121 Å². The van der Waals surface area contributed by atoms with Gasteiger partial charge in [0.15, 0.2) is 0 Å². The molecule has 19 heavy (non-hydrogen) atoms. The fourth-order valence-electron chi connectivity index (χ4n) is 2.93. The molecule has 0 bridgehead atoms. The third-order valence-corrected chi connectivity index (χ3v) is 5.59. The minimum Gasteiger partial charge on any atom is -0.322 e. The zero-order valence-corrected chi connectivity index (χ0v) is 13.1. The summed E-state index contributed by atoms with van der Waals surface area (Å²) in [6.45, 7) is 4.38. The van der Waals surface area contributed by atoms with Gasteiger partial charge in [-0.2, -0.15) is 0 Å². The molecule has 108 valence electrons. The predicted octanol–water partition coefficient (Wildman–Crippen LogP) is 4.41. The van der Waals surface area contributed by atoms with Crippen molar-refractivity contribution in [3.8, 4) is 0 Å². The summed E-state index contributed by atoms with van der Waals surface area (Å²) in [4.78, 5) is 0. The van der Waals surface area contributed by atoms with Crippen LogP contribution in [0.2, 0.25) is 0 Å². The fourth-order valence-corrected chi connectivity index (χ4v) is 4.02. The number of hydrogen-bond donors (Lipinski definition) is 1. The van der Waals surface area contributed by atoms with Crippen LogP contribution in [0.5, 0.6) is 0 Å². The van der Waals surface area contributed by atoms with E-state index in [4.69, 9.17) is 5.73 Å². The van der Waals surface area contributed by atoms with Gasteiger partial charge >= 0.3 is 0 Å². The highest BCUT2D eigenvalue weighted by molar-refractivity contribution is 7.11. The monoisotopic (exact) mass is 281 g/mol. The summed E-state index contributed by atoms with van der Waals surface area (Å²) in [6.07, 6.45) is 10.4. The molecular weight excluding hydrogens is 254 g/mol. The molecule has 0 amide bonds. The number of hydrogen-bond acceptors (Lipinski definition) is 4. The van der Waals surface area contributed by atoms with Crippen LogP contribution in [0.1, 0.15) is 87.2 Å². The van der Waals surface area contributed by atoms with Gasteiger partial charge in [0.2, 0.25) is 0 Å². The van der Waals surface area contributed by atoms with E-state index in [0.29, 0.717) is 5.92 Å². The molecule has 4 heteroatoms. The molecule has 0 saturated heterocycles. The second-order valence-electron chi connectivity index (χ2n) is 5.85. The number of unbranched alkanes of at least 4 members (excludes halogenated alkanes) is 1. The summed E-state index contributed by atoms with van der Waals surface area (Å²) >= 11 is 1.74. The lowest BCUT2D eigenvalue weighted by Crippen LogP contribution is -2.13. The average Bonchev–Trinajstić information content (AvgIpc) is 2.94. The van der Waals surface area contributed by atoms with Crippen LogP contribution in [-0.2, 0) is 0 Å². The van der Waals surface area contributed by atoms with Gasteiger partial charge < -0.3 is 5.73 Å². The van der Waals surface area contributed by atoms with E-state index in [0.717, 1.165) is 17.3 Å². The Bertz CT molecular complexity index is 369. The number of nitrogens with two attached hydrogens (primary N) is 1. The Kier molecular flexibility index (Phi) is 5.76. The van der Waals surface area contributed by atoms with Crippen LogP contribution in [0, 0.1) is 5.92 Å². The van der Waals surface area contributed by atoms with E-state index in [1.165, 1.54) is 50.0 Å². The molecule has 0 aliphatic heterocycles. The van der Waals surface area contributed by atoms with E-state index < -0.39 is 0 Å². The molecule has 1 aromatic heterocycles. The van der Waals surface area contributed by atoms with Gasteiger partial charge in [0.05, 0.1) is 6.04 Å². The molecule has 1 aliphatic carbocycles. The summed E-state index contributed by atoms with van der Waals surface area (Å²) in [5.74, 6) is 1.61. The molecule has 2 N–H and O–H groups in total. The lowest BCUT2D eigenvalue weighted by molar-refractivity contribution is 0.303. The summed E-state index contributed by atoms with van der Waals surface area (Å²) in [7, 11) is 0. The topological polar surface area (TPSA) is 51.8 Å². The minimum atomic E-state index is 0.0761. The fraction of sp³-hybridized carbons (Fsp3) is 0.867. The standard InChI is InChI=1S/C15H27N3S/c1-3-5-6-11-7-9-12(10-8-11)14-17-18-15(19-14)13(16)4-2/h11-13H,3-10,16H2,1-2H3. The Morgan fingerprint density at radius 1 is 1.21 bits per heavy atom. The third-order valence-electron chi connectivity index (χ3n) is 4.38. The van der Waals surface area contributed by atoms with Crippen LogP contribution < -0.4 is 5.73 Å². The van der Waals surface area contributed by atoms with Crippen molar-refractivity contribution >= 4 is 11.3 Å². The maximum Gasteiger partial charge on any atom is 0.134 e. The zero-order chi connectivity index (χ0) is 13.7.